The van der Waals surface area contributed by atoms with Crippen LogP contribution >= 0.6 is 0 Å². The Balaban J connectivity index is 1.57. The Kier molecular flexibility index (Phi) is 6.60. The van der Waals surface area contributed by atoms with Gasteiger partial charge in [-0.05, 0) is 44.6 Å². The van der Waals surface area contributed by atoms with Crippen molar-refractivity contribution in [2.45, 2.75) is 44.9 Å². The summed E-state index contributed by atoms with van der Waals surface area (Å²) in [4.78, 5) is 12.3. The Morgan fingerprint density at radius 2 is 1.87 bits per heavy atom. The van der Waals surface area contributed by atoms with Gasteiger partial charge < -0.3 is 4.90 Å². The van der Waals surface area contributed by atoms with E-state index in [1.54, 1.807) is 18.4 Å². The third-order valence-electron chi connectivity index (χ3n) is 6.41. The van der Waals surface area contributed by atoms with Crippen molar-refractivity contribution in [1.82, 2.24) is 18.6 Å². The summed E-state index contributed by atoms with van der Waals surface area (Å²) in [6.07, 6.45) is 4.85. The molecule has 1 saturated heterocycles. The molecule has 3 heterocycles. The molecule has 2 aromatic rings. The molecule has 0 saturated carbocycles. The van der Waals surface area contributed by atoms with Crippen LogP contribution in [0.15, 0.2) is 30.3 Å². The van der Waals surface area contributed by atoms with E-state index in [9.17, 15) is 8.42 Å². The molecular formula is C23H33N5O2S. The number of hydrogen-bond donors (Lipinski definition) is 0. The second-order valence-corrected chi connectivity index (χ2v) is 10.9. The highest BCUT2D eigenvalue weighted by Gasteiger charge is 2.33. The third-order valence-corrected chi connectivity index (χ3v) is 8.32. The van der Waals surface area contributed by atoms with Crippen molar-refractivity contribution in [2.24, 2.45) is 0 Å². The van der Waals surface area contributed by atoms with Gasteiger partial charge in [0.2, 0.25) is 0 Å². The first-order valence-electron chi connectivity index (χ1n) is 11.2. The molecule has 1 aromatic carbocycles. The maximum absolute atomic E-state index is 12.6. The largest absolute Gasteiger partial charge is 0.356 e. The maximum Gasteiger partial charge on any atom is 0.281 e. The number of nitrogens with zero attached hydrogens (tertiary/aromatic N) is 5. The predicted octanol–water partition coefficient (Wildman–Crippen LogP) is 2.77. The van der Waals surface area contributed by atoms with E-state index in [0.29, 0.717) is 13.1 Å². The molecule has 0 bridgehead atoms. The summed E-state index contributed by atoms with van der Waals surface area (Å²) in [5, 5.41) is 0. The van der Waals surface area contributed by atoms with Crippen molar-refractivity contribution in [1.29, 1.82) is 0 Å². The van der Waals surface area contributed by atoms with E-state index >= 15 is 0 Å². The van der Waals surface area contributed by atoms with Gasteiger partial charge in [-0.15, -0.1) is 0 Å². The van der Waals surface area contributed by atoms with Crippen molar-refractivity contribution in [3.8, 4) is 0 Å². The van der Waals surface area contributed by atoms with Crippen molar-refractivity contribution in [2.75, 3.05) is 45.2 Å². The zero-order valence-corrected chi connectivity index (χ0v) is 19.6. The quantitative estimate of drug-likeness (QED) is 0.687. The summed E-state index contributed by atoms with van der Waals surface area (Å²) in [5.74, 6) is 1.88. The first kappa shape index (κ1) is 22.2. The number of anilines is 1. The van der Waals surface area contributed by atoms with Gasteiger partial charge in [-0.25, -0.2) is 9.97 Å². The second-order valence-electron chi connectivity index (χ2n) is 8.78. The Morgan fingerprint density at radius 1 is 1.10 bits per heavy atom. The molecular weight excluding hydrogens is 410 g/mol. The molecule has 8 heteroatoms. The van der Waals surface area contributed by atoms with Crippen LogP contribution in [0, 0.1) is 6.92 Å². The topological polar surface area (TPSA) is 69.6 Å². The molecule has 1 atom stereocenters. The fourth-order valence-corrected chi connectivity index (χ4v) is 5.80. The lowest BCUT2D eigenvalue weighted by Crippen LogP contribution is -2.45. The molecule has 1 aromatic heterocycles. The molecule has 31 heavy (non-hydrogen) atoms. The van der Waals surface area contributed by atoms with Crippen molar-refractivity contribution in [3.63, 3.8) is 0 Å². The van der Waals surface area contributed by atoms with E-state index < -0.39 is 10.2 Å². The standard InChI is InChI=1S/C23H33N5O2S/c1-18-21-12-8-14-27(16-13-19-9-5-4-6-10-19)23(21)25-22(24-18)20-11-7-15-28(17-20)31(29,30)26(2)3/h4-6,9-10,20H,7-8,11-17H2,1-3H3/t20-/m1/s1. The van der Waals surface area contributed by atoms with E-state index in [1.807, 2.05) is 6.07 Å². The molecule has 0 radical (unpaired) electrons. The molecule has 0 unspecified atom stereocenters. The van der Waals surface area contributed by atoms with Gasteiger partial charge in [-0.3, -0.25) is 0 Å². The summed E-state index contributed by atoms with van der Waals surface area (Å²) in [6.45, 7) is 5.01. The van der Waals surface area contributed by atoms with Crippen molar-refractivity contribution >= 4 is 16.0 Å². The SMILES string of the molecule is Cc1nc([C@@H]2CCCN(S(=O)(=O)N(C)C)C2)nc2c1CCCN2CCc1ccccc1. The third kappa shape index (κ3) is 4.76. The average Bonchev–Trinajstić information content (AvgIpc) is 2.78. The van der Waals surface area contributed by atoms with Gasteiger partial charge in [0.1, 0.15) is 11.6 Å². The fourth-order valence-electron chi connectivity index (χ4n) is 4.61. The predicted molar refractivity (Wildman–Crippen MR) is 124 cm³/mol. The Bertz CT molecular complexity index is 1010. The summed E-state index contributed by atoms with van der Waals surface area (Å²) in [6, 6.07) is 10.6. The van der Waals surface area contributed by atoms with Gasteiger partial charge in [-0.2, -0.15) is 17.0 Å². The number of fused-ring (bicyclic) bond motifs is 1. The van der Waals surface area contributed by atoms with Crippen molar-refractivity contribution in [3.05, 3.63) is 53.0 Å². The maximum atomic E-state index is 12.6. The van der Waals surface area contributed by atoms with Crippen LogP contribution in [0.5, 0.6) is 0 Å². The summed E-state index contributed by atoms with van der Waals surface area (Å²) in [5.41, 5.74) is 3.62. The number of benzene rings is 1. The molecule has 2 aliphatic rings. The lowest BCUT2D eigenvalue weighted by atomic mass is 9.97. The van der Waals surface area contributed by atoms with Gasteiger partial charge in [0, 0.05) is 57.4 Å². The van der Waals surface area contributed by atoms with Crippen LogP contribution in [0.1, 0.15) is 47.8 Å². The highest BCUT2D eigenvalue weighted by atomic mass is 32.2. The minimum Gasteiger partial charge on any atom is -0.356 e. The van der Waals surface area contributed by atoms with Gasteiger partial charge in [0.25, 0.3) is 10.2 Å². The molecule has 2 aliphatic heterocycles. The Labute approximate surface area is 186 Å². The van der Waals surface area contributed by atoms with E-state index in [0.717, 1.165) is 62.5 Å². The fraction of sp³-hybridized carbons (Fsp3) is 0.565. The normalized spacial score (nSPS) is 20.1. The molecule has 7 nitrogen and oxygen atoms in total. The number of aromatic nitrogens is 2. The van der Waals surface area contributed by atoms with Crippen LogP contribution < -0.4 is 4.90 Å². The first-order chi connectivity index (χ1) is 14.9. The van der Waals surface area contributed by atoms with Gasteiger partial charge in [0.05, 0.1) is 0 Å². The number of rotatable bonds is 6. The van der Waals surface area contributed by atoms with Crippen LogP contribution in [0.25, 0.3) is 0 Å². The molecule has 0 spiro atoms. The van der Waals surface area contributed by atoms with Crippen LogP contribution in [0.4, 0.5) is 5.82 Å². The second kappa shape index (κ2) is 9.22. The Hall–Kier alpha value is -2.03. The minimum atomic E-state index is -3.42. The zero-order valence-electron chi connectivity index (χ0n) is 18.8. The zero-order chi connectivity index (χ0) is 22.0. The molecule has 1 fully saturated rings. The van der Waals surface area contributed by atoms with Crippen LogP contribution in [-0.4, -0.2) is 67.3 Å². The van der Waals surface area contributed by atoms with Crippen molar-refractivity contribution < 1.29 is 8.42 Å². The number of piperidine rings is 1. The Morgan fingerprint density at radius 3 is 2.61 bits per heavy atom. The molecule has 0 N–H and O–H groups in total. The minimum absolute atomic E-state index is 0.0328. The van der Waals surface area contributed by atoms with E-state index in [4.69, 9.17) is 9.97 Å². The van der Waals surface area contributed by atoms with Crippen LogP contribution in [-0.2, 0) is 23.1 Å². The summed E-state index contributed by atoms with van der Waals surface area (Å²) >= 11 is 0. The van der Waals surface area contributed by atoms with Crippen LogP contribution in [0.3, 0.4) is 0 Å². The van der Waals surface area contributed by atoms with E-state index in [2.05, 4.69) is 36.1 Å². The lowest BCUT2D eigenvalue weighted by molar-refractivity contribution is 0.293. The monoisotopic (exact) mass is 443 g/mol. The first-order valence-corrected chi connectivity index (χ1v) is 12.6. The van der Waals surface area contributed by atoms with Gasteiger partial charge in [-0.1, -0.05) is 30.3 Å². The highest BCUT2D eigenvalue weighted by Crippen LogP contribution is 2.32. The molecule has 0 aliphatic carbocycles. The summed E-state index contributed by atoms with van der Waals surface area (Å²) < 4.78 is 28.1. The number of hydrogen-bond acceptors (Lipinski definition) is 5. The molecule has 4 rings (SSSR count). The molecule has 168 valence electrons. The average molecular weight is 444 g/mol. The van der Waals surface area contributed by atoms with E-state index in [-0.39, 0.29) is 5.92 Å². The number of aryl methyl sites for hydroxylation is 1. The van der Waals surface area contributed by atoms with Crippen LogP contribution in [0.2, 0.25) is 0 Å². The van der Waals surface area contributed by atoms with E-state index in [1.165, 1.54) is 15.4 Å². The molecule has 0 amide bonds. The smallest absolute Gasteiger partial charge is 0.281 e. The highest BCUT2D eigenvalue weighted by molar-refractivity contribution is 7.86. The summed E-state index contributed by atoms with van der Waals surface area (Å²) in [7, 11) is -0.245. The lowest BCUT2D eigenvalue weighted by Gasteiger charge is -2.35. The van der Waals surface area contributed by atoms with Gasteiger partial charge >= 0.3 is 0 Å². The van der Waals surface area contributed by atoms with Gasteiger partial charge in [0.15, 0.2) is 0 Å².